The second-order valence-corrected chi connectivity index (χ2v) is 9.48. The zero-order valence-electron chi connectivity index (χ0n) is 15.2. The average molecular weight is 353 g/mol. The van der Waals surface area contributed by atoms with E-state index in [0.717, 1.165) is 5.56 Å². The highest BCUT2D eigenvalue weighted by atomic mass is 32.2. The largest absolute Gasteiger partial charge is 0.343 e. The summed E-state index contributed by atoms with van der Waals surface area (Å²) in [5.41, 5.74) is 1.11. The molecule has 24 heavy (non-hydrogen) atoms. The van der Waals surface area contributed by atoms with E-state index in [4.69, 9.17) is 0 Å². The second-order valence-electron chi connectivity index (χ2n) is 7.54. The van der Waals surface area contributed by atoms with Crippen LogP contribution in [0.15, 0.2) is 29.2 Å². The maximum Gasteiger partial charge on any atom is 0.243 e. The topological polar surface area (TPSA) is 57.7 Å². The van der Waals surface area contributed by atoms with Gasteiger partial charge >= 0.3 is 0 Å². The molecule has 1 aromatic rings. The molecule has 0 unspecified atom stereocenters. The summed E-state index contributed by atoms with van der Waals surface area (Å²) in [6.07, 6.45) is 1.35. The number of hydrogen-bond donors (Lipinski definition) is 0. The highest BCUT2D eigenvalue weighted by Crippen LogP contribution is 2.26. The van der Waals surface area contributed by atoms with Gasteiger partial charge in [0.25, 0.3) is 0 Å². The van der Waals surface area contributed by atoms with Crippen LogP contribution in [0.1, 0.15) is 46.1 Å². The zero-order chi connectivity index (χ0) is 18.1. The highest BCUT2D eigenvalue weighted by Gasteiger charge is 2.31. The predicted octanol–water partition coefficient (Wildman–Crippen LogP) is 2.62. The Morgan fingerprint density at radius 3 is 2.04 bits per heavy atom. The van der Waals surface area contributed by atoms with Crippen LogP contribution in [0, 0.1) is 0 Å². The number of hydrogen-bond acceptors (Lipinski definition) is 3. The van der Waals surface area contributed by atoms with Crippen LogP contribution < -0.4 is 0 Å². The van der Waals surface area contributed by atoms with Crippen LogP contribution in [0.3, 0.4) is 0 Å². The Labute approximate surface area is 145 Å². The van der Waals surface area contributed by atoms with Crippen molar-refractivity contribution in [1.82, 2.24) is 9.21 Å². The number of carbonyl (C=O) groups is 1. The standard InChI is InChI=1S/C18H28N2O3S/c1-14(21)19(5)16-10-12-20(13-11-16)24(22,23)17-8-6-15(7-9-17)18(2,3)4/h6-9,16H,10-13H2,1-5H3. The Kier molecular flexibility index (Phi) is 5.40. The van der Waals surface area contributed by atoms with Crippen LogP contribution in [0.25, 0.3) is 0 Å². The van der Waals surface area contributed by atoms with Gasteiger partial charge in [-0.05, 0) is 36.0 Å². The Hall–Kier alpha value is -1.40. The number of sulfonamides is 1. The molecule has 1 saturated heterocycles. The van der Waals surface area contributed by atoms with Crippen molar-refractivity contribution in [3.05, 3.63) is 29.8 Å². The first-order valence-corrected chi connectivity index (χ1v) is 9.81. The third kappa shape index (κ3) is 3.98. The average Bonchev–Trinajstić information content (AvgIpc) is 2.53. The highest BCUT2D eigenvalue weighted by molar-refractivity contribution is 7.89. The minimum absolute atomic E-state index is 0.00207. The fourth-order valence-electron chi connectivity index (χ4n) is 3.00. The van der Waals surface area contributed by atoms with Crippen LogP contribution in [0.2, 0.25) is 0 Å². The van der Waals surface area contributed by atoms with Crippen molar-refractivity contribution in [2.45, 2.75) is 56.9 Å². The molecular formula is C18H28N2O3S. The summed E-state index contributed by atoms with van der Waals surface area (Å²) in [7, 11) is -1.68. The lowest BCUT2D eigenvalue weighted by Crippen LogP contribution is -2.46. The van der Waals surface area contributed by atoms with Crippen LogP contribution >= 0.6 is 0 Å². The SMILES string of the molecule is CC(=O)N(C)C1CCN(S(=O)(=O)c2ccc(C(C)(C)C)cc2)CC1. The third-order valence-corrected chi connectivity index (χ3v) is 6.74. The molecule has 6 heteroatoms. The van der Waals surface area contributed by atoms with Crippen molar-refractivity contribution in [2.24, 2.45) is 0 Å². The molecule has 0 aliphatic carbocycles. The van der Waals surface area contributed by atoms with E-state index in [1.54, 1.807) is 31.0 Å². The molecule has 0 saturated carbocycles. The summed E-state index contributed by atoms with van der Waals surface area (Å²) in [5.74, 6) is 0.0223. The molecule has 2 rings (SSSR count). The van der Waals surface area contributed by atoms with E-state index in [-0.39, 0.29) is 17.4 Å². The number of rotatable bonds is 3. The van der Waals surface area contributed by atoms with Crippen LogP contribution in [0.5, 0.6) is 0 Å². The molecule has 1 heterocycles. The molecule has 0 atom stereocenters. The lowest BCUT2D eigenvalue weighted by molar-refractivity contribution is -0.130. The molecule has 0 N–H and O–H groups in total. The number of amides is 1. The number of carbonyl (C=O) groups excluding carboxylic acids is 1. The first kappa shape index (κ1) is 18.9. The van der Waals surface area contributed by atoms with Gasteiger partial charge in [-0.2, -0.15) is 4.31 Å². The smallest absolute Gasteiger partial charge is 0.243 e. The molecule has 0 bridgehead atoms. The van der Waals surface area contributed by atoms with Crippen molar-refractivity contribution in [3.63, 3.8) is 0 Å². The summed E-state index contributed by atoms with van der Waals surface area (Å²) in [5, 5.41) is 0. The van der Waals surface area contributed by atoms with E-state index in [2.05, 4.69) is 20.8 Å². The Bertz CT molecular complexity index is 682. The lowest BCUT2D eigenvalue weighted by atomic mass is 9.87. The summed E-state index contributed by atoms with van der Waals surface area (Å²) in [6, 6.07) is 7.30. The van der Waals surface area contributed by atoms with Crippen molar-refractivity contribution in [1.29, 1.82) is 0 Å². The fourth-order valence-corrected chi connectivity index (χ4v) is 4.47. The summed E-state index contributed by atoms with van der Waals surface area (Å²) >= 11 is 0. The maximum absolute atomic E-state index is 12.8. The Balaban J connectivity index is 2.11. The minimum Gasteiger partial charge on any atom is -0.343 e. The van der Waals surface area contributed by atoms with E-state index in [9.17, 15) is 13.2 Å². The molecule has 1 amide bonds. The van der Waals surface area contributed by atoms with E-state index in [1.165, 1.54) is 4.31 Å². The molecule has 134 valence electrons. The monoisotopic (exact) mass is 352 g/mol. The van der Waals surface area contributed by atoms with Crippen molar-refractivity contribution in [2.75, 3.05) is 20.1 Å². The Morgan fingerprint density at radius 2 is 1.62 bits per heavy atom. The summed E-state index contributed by atoms with van der Waals surface area (Å²) < 4.78 is 27.1. The van der Waals surface area contributed by atoms with Gasteiger partial charge < -0.3 is 4.90 Å². The van der Waals surface area contributed by atoms with Gasteiger partial charge in [0, 0.05) is 33.1 Å². The minimum atomic E-state index is -3.46. The molecule has 1 aliphatic rings. The normalized spacial score (nSPS) is 17.7. The maximum atomic E-state index is 12.8. The molecule has 5 nitrogen and oxygen atoms in total. The zero-order valence-corrected chi connectivity index (χ0v) is 16.1. The van der Waals surface area contributed by atoms with Gasteiger partial charge in [-0.3, -0.25) is 4.79 Å². The van der Waals surface area contributed by atoms with Gasteiger partial charge in [0.1, 0.15) is 0 Å². The second kappa shape index (κ2) is 6.84. The van der Waals surface area contributed by atoms with Crippen molar-refractivity contribution < 1.29 is 13.2 Å². The summed E-state index contributed by atoms with van der Waals surface area (Å²) in [4.78, 5) is 13.5. The number of benzene rings is 1. The molecule has 1 aliphatic heterocycles. The molecule has 1 fully saturated rings. The Morgan fingerprint density at radius 1 is 1.12 bits per heavy atom. The van der Waals surface area contributed by atoms with Gasteiger partial charge in [0.15, 0.2) is 0 Å². The quantitative estimate of drug-likeness (QED) is 0.840. The molecule has 0 aromatic heterocycles. The van der Waals surface area contributed by atoms with Crippen LogP contribution in [0.4, 0.5) is 0 Å². The van der Waals surface area contributed by atoms with Gasteiger partial charge in [0.2, 0.25) is 15.9 Å². The van der Waals surface area contributed by atoms with Gasteiger partial charge in [0.05, 0.1) is 4.90 Å². The summed E-state index contributed by atoms with van der Waals surface area (Å²) in [6.45, 7) is 8.75. The first-order chi connectivity index (χ1) is 11.0. The molecule has 0 spiro atoms. The van der Waals surface area contributed by atoms with Crippen LogP contribution in [-0.2, 0) is 20.2 Å². The third-order valence-electron chi connectivity index (χ3n) is 4.83. The number of nitrogens with zero attached hydrogens (tertiary/aromatic N) is 2. The van der Waals surface area contributed by atoms with Crippen LogP contribution in [-0.4, -0.2) is 49.7 Å². The van der Waals surface area contributed by atoms with E-state index in [1.807, 2.05) is 12.1 Å². The van der Waals surface area contributed by atoms with Gasteiger partial charge in [-0.1, -0.05) is 32.9 Å². The van der Waals surface area contributed by atoms with Crippen molar-refractivity contribution in [3.8, 4) is 0 Å². The predicted molar refractivity (Wildman–Crippen MR) is 95.4 cm³/mol. The fraction of sp³-hybridized carbons (Fsp3) is 0.611. The van der Waals surface area contributed by atoms with Gasteiger partial charge in [-0.15, -0.1) is 0 Å². The molecular weight excluding hydrogens is 324 g/mol. The molecule has 1 aromatic carbocycles. The number of piperidine rings is 1. The first-order valence-electron chi connectivity index (χ1n) is 8.37. The van der Waals surface area contributed by atoms with E-state index < -0.39 is 10.0 Å². The molecule has 0 radical (unpaired) electrons. The van der Waals surface area contributed by atoms with Gasteiger partial charge in [-0.25, -0.2) is 8.42 Å². The van der Waals surface area contributed by atoms with E-state index >= 15 is 0 Å². The van der Waals surface area contributed by atoms with E-state index in [0.29, 0.717) is 30.8 Å². The lowest BCUT2D eigenvalue weighted by Gasteiger charge is -2.35. The van der Waals surface area contributed by atoms with Crippen molar-refractivity contribution >= 4 is 15.9 Å².